The predicted octanol–water partition coefficient (Wildman–Crippen LogP) is 2.08. The zero-order valence-electron chi connectivity index (χ0n) is 16.5. The third-order valence-electron chi connectivity index (χ3n) is 3.33. The van der Waals surface area contributed by atoms with E-state index in [0.29, 0.717) is 18.3 Å². The fourth-order valence-corrected chi connectivity index (χ4v) is 2.04. The maximum atomic E-state index is 11.4. The topological polar surface area (TPSA) is 116 Å². The maximum absolute atomic E-state index is 11.4. The highest BCUT2D eigenvalue weighted by Gasteiger charge is 2.26. The van der Waals surface area contributed by atoms with Crippen molar-refractivity contribution in [3.8, 4) is 0 Å². The van der Waals surface area contributed by atoms with Gasteiger partial charge >= 0.3 is 5.97 Å². The standard InChI is InChI=1S/C10H18N2O5.C8H18/c1-3-4-7(12-6(2)13)9(16)10(17)11-5-8(14)15;1-5-6-7-8(2,3)4/h7,9,16H,3-5H2,1-2H3,(H,11,17)(H,12,13)(H,14,15);5-7H2,1-4H3. The number of hydrogen-bond donors (Lipinski definition) is 4. The molecule has 0 saturated carbocycles. The molecule has 25 heavy (non-hydrogen) atoms. The van der Waals surface area contributed by atoms with E-state index >= 15 is 0 Å². The summed E-state index contributed by atoms with van der Waals surface area (Å²) in [5.74, 6) is -2.36. The Bertz CT molecular complexity index is 405. The van der Waals surface area contributed by atoms with Crippen molar-refractivity contribution in [2.24, 2.45) is 5.41 Å². The molecule has 0 aromatic carbocycles. The Morgan fingerprint density at radius 1 is 1.08 bits per heavy atom. The highest BCUT2D eigenvalue weighted by molar-refractivity contribution is 5.85. The van der Waals surface area contributed by atoms with E-state index in [4.69, 9.17) is 5.11 Å². The van der Waals surface area contributed by atoms with Crippen LogP contribution in [0.3, 0.4) is 0 Å². The van der Waals surface area contributed by atoms with Crippen molar-refractivity contribution in [2.75, 3.05) is 6.54 Å². The van der Waals surface area contributed by atoms with Crippen LogP contribution in [0.1, 0.15) is 73.6 Å². The van der Waals surface area contributed by atoms with E-state index in [9.17, 15) is 19.5 Å². The zero-order chi connectivity index (χ0) is 20.0. The van der Waals surface area contributed by atoms with Crippen molar-refractivity contribution in [3.05, 3.63) is 0 Å². The number of nitrogens with one attached hydrogen (secondary N) is 2. The smallest absolute Gasteiger partial charge is 0.322 e. The first-order valence-electron chi connectivity index (χ1n) is 8.89. The van der Waals surface area contributed by atoms with Gasteiger partial charge in [-0.1, -0.05) is 53.9 Å². The Hall–Kier alpha value is -1.63. The van der Waals surface area contributed by atoms with Crippen molar-refractivity contribution >= 4 is 17.8 Å². The molecule has 2 atom stereocenters. The van der Waals surface area contributed by atoms with Crippen molar-refractivity contribution in [2.45, 2.75) is 85.8 Å². The minimum absolute atomic E-state index is 0.353. The van der Waals surface area contributed by atoms with Gasteiger partial charge < -0.3 is 20.8 Å². The van der Waals surface area contributed by atoms with Crippen LogP contribution in [0.2, 0.25) is 0 Å². The molecule has 2 unspecified atom stereocenters. The number of unbranched alkanes of at least 4 members (excludes halogenated alkanes) is 1. The summed E-state index contributed by atoms with van der Waals surface area (Å²) in [4.78, 5) is 32.5. The SMILES string of the molecule is CCCC(NC(C)=O)C(O)C(=O)NCC(=O)O.CCCCC(C)(C)C. The van der Waals surface area contributed by atoms with Crippen LogP contribution < -0.4 is 10.6 Å². The molecule has 0 saturated heterocycles. The van der Waals surface area contributed by atoms with Gasteiger partial charge in [-0.3, -0.25) is 14.4 Å². The number of hydrogen-bond acceptors (Lipinski definition) is 4. The average Bonchev–Trinajstić information content (AvgIpc) is 2.48. The molecule has 0 aliphatic heterocycles. The highest BCUT2D eigenvalue weighted by Crippen LogP contribution is 2.20. The van der Waals surface area contributed by atoms with E-state index in [-0.39, 0.29) is 5.91 Å². The van der Waals surface area contributed by atoms with Crippen LogP contribution >= 0.6 is 0 Å². The Morgan fingerprint density at radius 2 is 1.64 bits per heavy atom. The van der Waals surface area contributed by atoms with Gasteiger partial charge in [0.15, 0.2) is 6.10 Å². The summed E-state index contributed by atoms with van der Waals surface area (Å²) in [6.07, 6.45) is 3.73. The first-order chi connectivity index (χ1) is 11.4. The molecule has 0 aromatic heterocycles. The number of rotatable bonds is 9. The lowest BCUT2D eigenvalue weighted by atomic mass is 9.90. The number of amides is 2. The van der Waals surface area contributed by atoms with Gasteiger partial charge in [-0.25, -0.2) is 0 Å². The van der Waals surface area contributed by atoms with Crippen molar-refractivity contribution in [3.63, 3.8) is 0 Å². The molecule has 0 aliphatic carbocycles. The second kappa shape index (κ2) is 13.6. The number of carbonyl (C=O) groups is 3. The van der Waals surface area contributed by atoms with E-state index in [1.54, 1.807) is 0 Å². The summed E-state index contributed by atoms with van der Waals surface area (Å²) >= 11 is 0. The molecule has 148 valence electrons. The number of carboxylic acid groups (broad SMARTS) is 1. The molecular formula is C18H36N2O5. The summed E-state index contributed by atoms with van der Waals surface area (Å²) in [5.41, 5.74) is 0.552. The molecule has 2 amide bonds. The summed E-state index contributed by atoms with van der Waals surface area (Å²) in [7, 11) is 0. The fraction of sp³-hybridized carbons (Fsp3) is 0.833. The summed E-state index contributed by atoms with van der Waals surface area (Å²) in [6.45, 7) is 11.7. The Kier molecular flexibility index (Phi) is 14.0. The van der Waals surface area contributed by atoms with Crippen LogP contribution in [0.5, 0.6) is 0 Å². The van der Waals surface area contributed by atoms with E-state index < -0.39 is 30.6 Å². The highest BCUT2D eigenvalue weighted by atomic mass is 16.4. The van der Waals surface area contributed by atoms with Gasteiger partial charge in [0.25, 0.3) is 5.91 Å². The third-order valence-corrected chi connectivity index (χ3v) is 3.33. The van der Waals surface area contributed by atoms with Crippen LogP contribution in [0.25, 0.3) is 0 Å². The molecule has 0 aliphatic rings. The predicted molar refractivity (Wildman–Crippen MR) is 98.1 cm³/mol. The molecule has 7 heteroatoms. The van der Waals surface area contributed by atoms with Gasteiger partial charge in [-0.2, -0.15) is 0 Å². The van der Waals surface area contributed by atoms with Crippen molar-refractivity contribution in [1.82, 2.24) is 10.6 Å². The normalized spacial score (nSPS) is 13.1. The van der Waals surface area contributed by atoms with Gasteiger partial charge in [-0.15, -0.1) is 0 Å². The lowest BCUT2D eigenvalue weighted by molar-refractivity contribution is -0.140. The molecule has 0 bridgehead atoms. The molecule has 7 nitrogen and oxygen atoms in total. The lowest BCUT2D eigenvalue weighted by Crippen LogP contribution is -2.50. The van der Waals surface area contributed by atoms with Crippen molar-refractivity contribution < 1.29 is 24.6 Å². The molecule has 0 aromatic rings. The first kappa shape index (κ1) is 25.6. The lowest BCUT2D eigenvalue weighted by Gasteiger charge is -2.22. The van der Waals surface area contributed by atoms with Crippen LogP contribution in [0, 0.1) is 5.41 Å². The number of aliphatic carboxylic acids is 1. The Labute approximate surface area is 151 Å². The molecule has 0 spiro atoms. The Morgan fingerprint density at radius 3 is 1.96 bits per heavy atom. The van der Waals surface area contributed by atoms with E-state index in [1.807, 2.05) is 6.92 Å². The molecule has 0 fully saturated rings. The second-order valence-electron chi connectivity index (χ2n) is 7.32. The fourth-order valence-electron chi connectivity index (χ4n) is 2.04. The third kappa shape index (κ3) is 17.0. The summed E-state index contributed by atoms with van der Waals surface area (Å²) in [6, 6.07) is -0.703. The summed E-state index contributed by atoms with van der Waals surface area (Å²) < 4.78 is 0. The number of carbonyl (C=O) groups excluding carboxylic acids is 2. The Balaban J connectivity index is 0. The number of aliphatic hydroxyl groups is 1. The van der Waals surface area contributed by atoms with Gasteiger partial charge in [0.05, 0.1) is 6.04 Å². The largest absolute Gasteiger partial charge is 0.480 e. The molecular weight excluding hydrogens is 324 g/mol. The number of aliphatic hydroxyl groups excluding tert-OH is 1. The van der Waals surface area contributed by atoms with Gasteiger partial charge in [-0.05, 0) is 18.3 Å². The number of carboxylic acids is 1. The molecule has 0 rings (SSSR count). The van der Waals surface area contributed by atoms with Gasteiger partial charge in [0.2, 0.25) is 5.91 Å². The van der Waals surface area contributed by atoms with Gasteiger partial charge in [0.1, 0.15) is 6.54 Å². The molecule has 0 radical (unpaired) electrons. The monoisotopic (exact) mass is 360 g/mol. The zero-order valence-corrected chi connectivity index (χ0v) is 16.5. The van der Waals surface area contributed by atoms with E-state index in [0.717, 1.165) is 0 Å². The maximum Gasteiger partial charge on any atom is 0.322 e. The van der Waals surface area contributed by atoms with Crippen LogP contribution in [0.15, 0.2) is 0 Å². The van der Waals surface area contributed by atoms with Crippen molar-refractivity contribution in [1.29, 1.82) is 0 Å². The van der Waals surface area contributed by atoms with E-state index in [1.165, 1.54) is 26.2 Å². The average molecular weight is 360 g/mol. The minimum Gasteiger partial charge on any atom is -0.480 e. The quantitative estimate of drug-likeness (QED) is 0.502. The summed E-state index contributed by atoms with van der Waals surface area (Å²) in [5, 5.41) is 22.5. The second-order valence-corrected chi connectivity index (χ2v) is 7.32. The van der Waals surface area contributed by atoms with Gasteiger partial charge in [0, 0.05) is 6.92 Å². The molecule has 0 heterocycles. The minimum atomic E-state index is -1.45. The molecule has 4 N–H and O–H groups in total. The van der Waals surface area contributed by atoms with Crippen LogP contribution in [-0.4, -0.2) is 46.7 Å². The first-order valence-corrected chi connectivity index (χ1v) is 8.89. The van der Waals surface area contributed by atoms with Crippen LogP contribution in [0.4, 0.5) is 0 Å². The van der Waals surface area contributed by atoms with E-state index in [2.05, 4.69) is 38.3 Å². The van der Waals surface area contributed by atoms with Crippen LogP contribution in [-0.2, 0) is 14.4 Å².